The van der Waals surface area contributed by atoms with Gasteiger partial charge in [-0.25, -0.2) is 4.90 Å². The lowest BCUT2D eigenvalue weighted by atomic mass is 9.87. The molecule has 1 aliphatic rings. The molecular weight excluding hydrogens is 400 g/mol. The second-order valence-electron chi connectivity index (χ2n) is 8.71. The number of para-hydroxylation sites is 1. The van der Waals surface area contributed by atoms with Crippen LogP contribution in [0, 0.1) is 0 Å². The van der Waals surface area contributed by atoms with Gasteiger partial charge in [-0.3, -0.25) is 9.59 Å². The van der Waals surface area contributed by atoms with Crippen LogP contribution in [0.15, 0.2) is 84.6 Å². The third-order valence-corrected chi connectivity index (χ3v) is 5.50. The summed E-state index contributed by atoms with van der Waals surface area (Å²) in [5.41, 5.74) is 3.73. The van der Waals surface area contributed by atoms with Gasteiger partial charge in [0.1, 0.15) is 11.4 Å². The van der Waals surface area contributed by atoms with E-state index in [0.29, 0.717) is 22.6 Å². The van der Waals surface area contributed by atoms with Gasteiger partial charge in [-0.05, 0) is 52.9 Å². The van der Waals surface area contributed by atoms with E-state index in [1.165, 1.54) is 10.5 Å². The van der Waals surface area contributed by atoms with E-state index in [-0.39, 0.29) is 22.9 Å². The number of hydrogen-bond donors (Lipinski definition) is 1. The monoisotopic (exact) mass is 426 g/mol. The van der Waals surface area contributed by atoms with Crippen LogP contribution in [0.5, 0.6) is 5.75 Å². The first kappa shape index (κ1) is 21.4. The Hall–Kier alpha value is -3.86. The number of rotatable bonds is 5. The van der Waals surface area contributed by atoms with Crippen molar-refractivity contribution < 1.29 is 14.3 Å². The highest BCUT2D eigenvalue weighted by Gasteiger charge is 2.40. The molecule has 162 valence electrons. The number of methoxy groups -OCH3 is 1. The normalized spacial score (nSPS) is 14.2. The predicted octanol–water partition coefficient (Wildman–Crippen LogP) is 5.39. The highest BCUT2D eigenvalue weighted by Crippen LogP contribution is 2.34. The van der Waals surface area contributed by atoms with Gasteiger partial charge in [0.2, 0.25) is 0 Å². The maximum atomic E-state index is 13.4. The summed E-state index contributed by atoms with van der Waals surface area (Å²) in [6, 6.07) is 24.0. The molecule has 3 aromatic rings. The highest BCUT2D eigenvalue weighted by molar-refractivity contribution is 6.46. The summed E-state index contributed by atoms with van der Waals surface area (Å²) < 4.78 is 5.24. The summed E-state index contributed by atoms with van der Waals surface area (Å²) in [7, 11) is 1.59. The summed E-state index contributed by atoms with van der Waals surface area (Å²) in [6.07, 6.45) is 0. The number of nitrogens with one attached hydrogen (secondary N) is 1. The largest absolute Gasteiger partial charge is 0.497 e. The van der Waals surface area contributed by atoms with Crippen LogP contribution in [-0.4, -0.2) is 18.9 Å². The molecule has 1 aliphatic heterocycles. The van der Waals surface area contributed by atoms with Crippen molar-refractivity contribution in [2.75, 3.05) is 17.3 Å². The van der Waals surface area contributed by atoms with Crippen LogP contribution < -0.4 is 15.0 Å². The molecule has 5 nitrogen and oxygen atoms in total. The Morgan fingerprint density at radius 1 is 0.781 bits per heavy atom. The van der Waals surface area contributed by atoms with E-state index in [0.717, 1.165) is 5.69 Å². The first-order chi connectivity index (χ1) is 15.3. The van der Waals surface area contributed by atoms with Gasteiger partial charge < -0.3 is 10.1 Å². The number of carbonyl (C=O) groups excluding carboxylic acids is 2. The fourth-order valence-corrected chi connectivity index (χ4v) is 3.68. The molecule has 0 bridgehead atoms. The van der Waals surface area contributed by atoms with Crippen molar-refractivity contribution in [2.45, 2.75) is 26.2 Å². The molecule has 0 atom stereocenters. The molecule has 5 heteroatoms. The predicted molar refractivity (Wildman–Crippen MR) is 128 cm³/mol. The summed E-state index contributed by atoms with van der Waals surface area (Å²) in [4.78, 5) is 28.1. The van der Waals surface area contributed by atoms with Crippen molar-refractivity contribution in [1.29, 1.82) is 0 Å². The molecule has 0 fully saturated rings. The van der Waals surface area contributed by atoms with Gasteiger partial charge >= 0.3 is 0 Å². The summed E-state index contributed by atoms with van der Waals surface area (Å²) in [5, 5.41) is 3.21. The zero-order chi connectivity index (χ0) is 22.9. The first-order valence-electron chi connectivity index (χ1n) is 10.5. The number of hydrogen-bond acceptors (Lipinski definition) is 4. The molecule has 0 unspecified atom stereocenters. The van der Waals surface area contributed by atoms with Gasteiger partial charge in [-0.1, -0.05) is 63.2 Å². The Bertz CT molecular complexity index is 1170. The second kappa shape index (κ2) is 8.35. The van der Waals surface area contributed by atoms with Crippen LogP contribution in [-0.2, 0) is 15.0 Å². The number of nitrogens with zero attached hydrogens (tertiary/aromatic N) is 1. The number of anilines is 2. The quantitative estimate of drug-likeness (QED) is 0.556. The van der Waals surface area contributed by atoms with Gasteiger partial charge in [-0.15, -0.1) is 0 Å². The van der Waals surface area contributed by atoms with Crippen molar-refractivity contribution in [3.8, 4) is 5.75 Å². The van der Waals surface area contributed by atoms with E-state index in [4.69, 9.17) is 4.74 Å². The summed E-state index contributed by atoms with van der Waals surface area (Å²) in [5.74, 6) is -0.0644. The fourth-order valence-electron chi connectivity index (χ4n) is 3.68. The van der Waals surface area contributed by atoms with E-state index < -0.39 is 0 Å². The van der Waals surface area contributed by atoms with Crippen molar-refractivity contribution in [2.24, 2.45) is 0 Å². The lowest BCUT2D eigenvalue weighted by molar-refractivity contribution is -0.120. The highest BCUT2D eigenvalue weighted by atomic mass is 16.5. The maximum absolute atomic E-state index is 13.4. The number of carbonyl (C=O) groups is 2. The van der Waals surface area contributed by atoms with Crippen LogP contribution in [0.1, 0.15) is 31.9 Å². The molecule has 2 amide bonds. The van der Waals surface area contributed by atoms with Crippen LogP contribution in [0.4, 0.5) is 11.4 Å². The lowest BCUT2D eigenvalue weighted by Crippen LogP contribution is -2.32. The van der Waals surface area contributed by atoms with E-state index in [1.807, 2.05) is 30.3 Å². The van der Waals surface area contributed by atoms with E-state index in [9.17, 15) is 9.59 Å². The average Bonchev–Trinajstić information content (AvgIpc) is 3.03. The maximum Gasteiger partial charge on any atom is 0.282 e. The van der Waals surface area contributed by atoms with Crippen molar-refractivity contribution in [3.05, 3.63) is 95.7 Å². The molecule has 1 heterocycles. The van der Waals surface area contributed by atoms with E-state index in [2.05, 4.69) is 26.1 Å². The molecule has 0 spiro atoms. The Morgan fingerprint density at radius 3 is 1.97 bits per heavy atom. The smallest absolute Gasteiger partial charge is 0.282 e. The third kappa shape index (κ3) is 4.02. The molecule has 0 aromatic heterocycles. The Balaban J connectivity index is 1.76. The Labute approximate surface area is 188 Å². The zero-order valence-corrected chi connectivity index (χ0v) is 18.7. The minimum atomic E-state index is -0.382. The number of benzene rings is 3. The first-order valence-corrected chi connectivity index (χ1v) is 10.5. The molecule has 4 rings (SSSR count). The van der Waals surface area contributed by atoms with E-state index in [1.54, 1.807) is 55.6 Å². The topological polar surface area (TPSA) is 58.6 Å². The second-order valence-corrected chi connectivity index (χ2v) is 8.71. The minimum Gasteiger partial charge on any atom is -0.497 e. The average molecular weight is 427 g/mol. The van der Waals surface area contributed by atoms with Gasteiger partial charge in [0.15, 0.2) is 0 Å². The number of ether oxygens (including phenoxy) is 1. The third-order valence-electron chi connectivity index (χ3n) is 5.50. The number of imide groups is 1. The van der Waals surface area contributed by atoms with E-state index >= 15 is 0 Å². The molecule has 0 saturated carbocycles. The fraction of sp³-hybridized carbons (Fsp3) is 0.185. The summed E-state index contributed by atoms with van der Waals surface area (Å²) >= 11 is 0. The standard InChI is InChI=1S/C27H26N2O3/c1-27(2,3)19-12-14-20(15-13-19)28-24-23(18-10-16-22(32-4)17-11-18)25(30)29(26(24)31)21-8-6-5-7-9-21/h5-17,28H,1-4H3. The van der Waals surface area contributed by atoms with Crippen LogP contribution in [0.2, 0.25) is 0 Å². The summed E-state index contributed by atoms with van der Waals surface area (Å²) in [6.45, 7) is 6.45. The van der Waals surface area contributed by atoms with Crippen molar-refractivity contribution in [1.82, 2.24) is 0 Å². The van der Waals surface area contributed by atoms with Gasteiger partial charge in [0.25, 0.3) is 11.8 Å². The Morgan fingerprint density at radius 2 is 1.41 bits per heavy atom. The van der Waals surface area contributed by atoms with Crippen molar-refractivity contribution in [3.63, 3.8) is 0 Å². The minimum absolute atomic E-state index is 0.0231. The molecular formula is C27H26N2O3. The lowest BCUT2D eigenvalue weighted by Gasteiger charge is -2.19. The van der Waals surface area contributed by atoms with Crippen LogP contribution >= 0.6 is 0 Å². The molecule has 3 aromatic carbocycles. The van der Waals surface area contributed by atoms with Gasteiger partial charge in [-0.2, -0.15) is 0 Å². The Kier molecular flexibility index (Phi) is 5.57. The van der Waals surface area contributed by atoms with Crippen LogP contribution in [0.3, 0.4) is 0 Å². The SMILES string of the molecule is COc1ccc(C2=C(Nc3ccc(C(C)(C)C)cc3)C(=O)N(c3ccccc3)C2=O)cc1. The molecule has 0 aliphatic carbocycles. The number of amides is 2. The molecule has 32 heavy (non-hydrogen) atoms. The van der Waals surface area contributed by atoms with Gasteiger partial charge in [0, 0.05) is 5.69 Å². The molecule has 1 N–H and O–H groups in total. The van der Waals surface area contributed by atoms with Crippen LogP contribution in [0.25, 0.3) is 5.57 Å². The zero-order valence-electron chi connectivity index (χ0n) is 18.7. The molecule has 0 saturated heterocycles. The van der Waals surface area contributed by atoms with Gasteiger partial charge in [0.05, 0.1) is 18.4 Å². The molecule has 0 radical (unpaired) electrons. The van der Waals surface area contributed by atoms with Crippen molar-refractivity contribution >= 4 is 28.8 Å².